The van der Waals surface area contributed by atoms with E-state index >= 15 is 0 Å². The van der Waals surface area contributed by atoms with E-state index in [0.717, 1.165) is 10.7 Å². The van der Waals surface area contributed by atoms with E-state index in [4.69, 9.17) is 10.8 Å². The minimum absolute atomic E-state index is 0.0476. The summed E-state index contributed by atoms with van der Waals surface area (Å²) in [5, 5.41) is 11.3. The van der Waals surface area contributed by atoms with E-state index in [-0.39, 0.29) is 12.5 Å². The predicted molar refractivity (Wildman–Crippen MR) is 59.8 cm³/mol. The molecule has 1 unspecified atom stereocenters. The van der Waals surface area contributed by atoms with Gasteiger partial charge in [0.2, 0.25) is 0 Å². The first kappa shape index (κ1) is 12.1. The number of hydrogen-bond acceptors (Lipinski definition) is 4. The van der Waals surface area contributed by atoms with Gasteiger partial charge in [-0.05, 0) is 5.92 Å². The fourth-order valence-corrected chi connectivity index (χ4v) is 2.14. The fourth-order valence-electron chi connectivity index (χ4n) is 1.11. The summed E-state index contributed by atoms with van der Waals surface area (Å²) in [5.41, 5.74) is 6.77. The van der Waals surface area contributed by atoms with Crippen LogP contribution < -0.4 is 5.73 Å². The number of nitrogens with two attached hydrogens (primary N) is 1. The molecule has 0 aliphatic rings. The Hall–Kier alpha value is -0.940. The van der Waals surface area contributed by atoms with E-state index in [9.17, 15) is 4.79 Å². The van der Waals surface area contributed by atoms with Crippen LogP contribution in [0.4, 0.5) is 0 Å². The van der Waals surface area contributed by atoms with Gasteiger partial charge in [-0.1, -0.05) is 13.8 Å². The SMILES string of the molecule is CC(C)C(N)c1nc(CCC(=O)O)cs1. The highest BCUT2D eigenvalue weighted by molar-refractivity contribution is 7.09. The highest BCUT2D eigenvalue weighted by Gasteiger charge is 2.14. The molecule has 0 fully saturated rings. The van der Waals surface area contributed by atoms with Crippen LogP contribution in [0.2, 0.25) is 0 Å². The Labute approximate surface area is 93.1 Å². The van der Waals surface area contributed by atoms with Gasteiger partial charge in [0.1, 0.15) is 5.01 Å². The highest BCUT2D eigenvalue weighted by atomic mass is 32.1. The van der Waals surface area contributed by atoms with Crippen LogP contribution in [0, 0.1) is 5.92 Å². The zero-order valence-electron chi connectivity index (χ0n) is 8.93. The first-order valence-electron chi connectivity index (χ1n) is 4.92. The largest absolute Gasteiger partial charge is 0.481 e. The molecule has 15 heavy (non-hydrogen) atoms. The second-order valence-electron chi connectivity index (χ2n) is 3.84. The maximum atomic E-state index is 10.4. The number of aromatic nitrogens is 1. The fraction of sp³-hybridized carbons (Fsp3) is 0.600. The molecule has 84 valence electrons. The van der Waals surface area contributed by atoms with E-state index in [1.54, 1.807) is 0 Å². The monoisotopic (exact) mass is 228 g/mol. The van der Waals surface area contributed by atoms with E-state index < -0.39 is 5.97 Å². The van der Waals surface area contributed by atoms with Crippen LogP contribution in [-0.2, 0) is 11.2 Å². The Bertz CT molecular complexity index is 336. The second-order valence-corrected chi connectivity index (χ2v) is 4.73. The molecule has 1 rings (SSSR count). The van der Waals surface area contributed by atoms with Gasteiger partial charge in [-0.25, -0.2) is 4.98 Å². The van der Waals surface area contributed by atoms with Crippen molar-refractivity contribution in [1.82, 2.24) is 4.98 Å². The standard InChI is InChI=1S/C10H16N2O2S/c1-6(2)9(11)10-12-7(5-15-10)3-4-8(13)14/h5-6,9H,3-4,11H2,1-2H3,(H,13,14). The first-order chi connectivity index (χ1) is 7.00. The third-order valence-corrected chi connectivity index (χ3v) is 3.16. The number of carbonyl (C=O) groups is 1. The van der Waals surface area contributed by atoms with Crippen LogP contribution in [0.15, 0.2) is 5.38 Å². The van der Waals surface area contributed by atoms with E-state index in [0.29, 0.717) is 12.3 Å². The Morgan fingerprint density at radius 1 is 1.67 bits per heavy atom. The van der Waals surface area contributed by atoms with Crippen LogP contribution in [0.25, 0.3) is 0 Å². The number of aryl methyl sites for hydroxylation is 1. The number of nitrogens with zero attached hydrogens (tertiary/aromatic N) is 1. The molecule has 1 aromatic rings. The molecule has 3 N–H and O–H groups in total. The minimum atomic E-state index is -0.794. The van der Waals surface area contributed by atoms with Crippen molar-refractivity contribution in [2.75, 3.05) is 0 Å². The van der Waals surface area contributed by atoms with Gasteiger partial charge in [-0.3, -0.25) is 4.79 Å². The zero-order chi connectivity index (χ0) is 11.4. The molecule has 0 spiro atoms. The van der Waals surface area contributed by atoms with Crippen LogP contribution >= 0.6 is 11.3 Å². The van der Waals surface area contributed by atoms with Crippen molar-refractivity contribution in [3.05, 3.63) is 16.1 Å². The van der Waals surface area contributed by atoms with Gasteiger partial charge in [0.25, 0.3) is 0 Å². The molecule has 1 aromatic heterocycles. The Kier molecular flexibility index (Phi) is 4.23. The van der Waals surface area contributed by atoms with Gasteiger partial charge >= 0.3 is 5.97 Å². The summed E-state index contributed by atoms with van der Waals surface area (Å²) in [4.78, 5) is 14.7. The van der Waals surface area contributed by atoms with Crippen molar-refractivity contribution in [2.24, 2.45) is 11.7 Å². The quantitative estimate of drug-likeness (QED) is 0.806. The van der Waals surface area contributed by atoms with Crippen LogP contribution in [0.5, 0.6) is 0 Å². The van der Waals surface area contributed by atoms with Crippen molar-refractivity contribution in [3.8, 4) is 0 Å². The molecule has 4 nitrogen and oxygen atoms in total. The highest BCUT2D eigenvalue weighted by Crippen LogP contribution is 2.22. The summed E-state index contributed by atoms with van der Waals surface area (Å²) < 4.78 is 0. The Morgan fingerprint density at radius 2 is 2.33 bits per heavy atom. The second kappa shape index (κ2) is 5.23. The average Bonchev–Trinajstić information content (AvgIpc) is 2.61. The lowest BCUT2D eigenvalue weighted by Gasteiger charge is -2.11. The van der Waals surface area contributed by atoms with Crippen molar-refractivity contribution >= 4 is 17.3 Å². The molecule has 0 aromatic carbocycles. The number of carboxylic acids is 1. The molecule has 1 atom stereocenters. The van der Waals surface area contributed by atoms with Crippen LogP contribution in [0.3, 0.4) is 0 Å². The molecule has 5 heteroatoms. The van der Waals surface area contributed by atoms with Gasteiger partial charge in [0.15, 0.2) is 0 Å². The number of thiazole rings is 1. The summed E-state index contributed by atoms with van der Waals surface area (Å²) in [6, 6.07) is -0.0476. The average molecular weight is 228 g/mol. The summed E-state index contributed by atoms with van der Waals surface area (Å²) in [5.74, 6) is -0.443. The third-order valence-electron chi connectivity index (χ3n) is 2.17. The third kappa shape index (κ3) is 3.60. The first-order valence-corrected chi connectivity index (χ1v) is 5.80. The number of rotatable bonds is 5. The van der Waals surface area contributed by atoms with E-state index in [1.165, 1.54) is 11.3 Å². The Balaban J connectivity index is 2.60. The maximum absolute atomic E-state index is 10.4. The normalized spacial score (nSPS) is 13.1. The number of carboxylic acid groups (broad SMARTS) is 1. The molecule has 0 bridgehead atoms. The summed E-state index contributed by atoms with van der Waals surface area (Å²) >= 11 is 1.51. The molecule has 0 amide bonds. The van der Waals surface area contributed by atoms with Crippen molar-refractivity contribution in [2.45, 2.75) is 32.7 Å². The summed E-state index contributed by atoms with van der Waals surface area (Å²) in [6.45, 7) is 4.09. The van der Waals surface area contributed by atoms with Crippen LogP contribution in [0.1, 0.15) is 37.0 Å². The lowest BCUT2D eigenvalue weighted by Crippen LogP contribution is -2.16. The molecule has 0 aliphatic heterocycles. The summed E-state index contributed by atoms with van der Waals surface area (Å²) in [6.07, 6.45) is 0.608. The van der Waals surface area contributed by atoms with Gasteiger partial charge in [0.05, 0.1) is 18.2 Å². The predicted octanol–water partition coefficient (Wildman–Crippen LogP) is 1.82. The number of aliphatic carboxylic acids is 1. The van der Waals surface area contributed by atoms with E-state index in [1.807, 2.05) is 19.2 Å². The maximum Gasteiger partial charge on any atom is 0.303 e. The molecule has 0 saturated heterocycles. The topological polar surface area (TPSA) is 76.2 Å². The van der Waals surface area contributed by atoms with Crippen molar-refractivity contribution < 1.29 is 9.90 Å². The van der Waals surface area contributed by atoms with Crippen LogP contribution in [-0.4, -0.2) is 16.1 Å². The molecular formula is C10H16N2O2S. The molecule has 0 radical (unpaired) electrons. The zero-order valence-corrected chi connectivity index (χ0v) is 9.75. The van der Waals surface area contributed by atoms with Gasteiger partial charge in [-0.15, -0.1) is 11.3 Å². The lowest BCUT2D eigenvalue weighted by atomic mass is 10.1. The Morgan fingerprint density at radius 3 is 2.87 bits per heavy atom. The van der Waals surface area contributed by atoms with Gasteiger partial charge < -0.3 is 10.8 Å². The number of hydrogen-bond donors (Lipinski definition) is 2. The summed E-state index contributed by atoms with van der Waals surface area (Å²) in [7, 11) is 0. The molecular weight excluding hydrogens is 212 g/mol. The molecule has 1 heterocycles. The minimum Gasteiger partial charge on any atom is -0.481 e. The lowest BCUT2D eigenvalue weighted by molar-refractivity contribution is -0.136. The van der Waals surface area contributed by atoms with Gasteiger partial charge in [-0.2, -0.15) is 0 Å². The smallest absolute Gasteiger partial charge is 0.303 e. The van der Waals surface area contributed by atoms with Crippen molar-refractivity contribution in [3.63, 3.8) is 0 Å². The molecule has 0 aliphatic carbocycles. The van der Waals surface area contributed by atoms with Crippen molar-refractivity contribution in [1.29, 1.82) is 0 Å². The molecule has 0 saturated carbocycles. The van der Waals surface area contributed by atoms with E-state index in [2.05, 4.69) is 4.98 Å². The van der Waals surface area contributed by atoms with Gasteiger partial charge in [0, 0.05) is 11.8 Å².